The summed E-state index contributed by atoms with van der Waals surface area (Å²) in [5.74, 6) is 0.0324. The lowest BCUT2D eigenvalue weighted by molar-refractivity contribution is -0.0363. The summed E-state index contributed by atoms with van der Waals surface area (Å²) in [6, 6.07) is 5.74. The fraction of sp³-hybridized carbons (Fsp3) is 0.389. The summed E-state index contributed by atoms with van der Waals surface area (Å²) in [5, 5.41) is 3.68. The molecule has 1 fully saturated rings. The predicted molar refractivity (Wildman–Crippen MR) is 101 cm³/mol. The van der Waals surface area contributed by atoms with E-state index in [4.69, 9.17) is 19.7 Å². The number of carbonyl (C=O) groups excluding carboxylic acids is 1. The highest BCUT2D eigenvalue weighted by Gasteiger charge is 2.37. The molecule has 1 aromatic heterocycles. The van der Waals surface area contributed by atoms with Crippen LogP contribution >= 0.6 is 0 Å². The molecular formula is C18H19N5O6. The molecule has 2 aromatic rings. The zero-order valence-corrected chi connectivity index (χ0v) is 15.8. The Morgan fingerprint density at radius 2 is 2.10 bits per heavy atom. The number of esters is 1. The molecule has 1 aromatic carbocycles. The van der Waals surface area contributed by atoms with Crippen LogP contribution in [0.2, 0.25) is 0 Å². The van der Waals surface area contributed by atoms with Crippen LogP contribution in [-0.4, -0.2) is 41.4 Å². The molecule has 0 aliphatic carbocycles. The Balaban J connectivity index is 1.72. The Labute approximate surface area is 164 Å². The fourth-order valence-corrected chi connectivity index (χ4v) is 2.99. The lowest BCUT2D eigenvalue weighted by atomic mass is 10.1. The number of benzene rings is 1. The highest BCUT2D eigenvalue weighted by Crippen LogP contribution is 2.30. The van der Waals surface area contributed by atoms with Gasteiger partial charge < -0.3 is 14.2 Å². The minimum Gasteiger partial charge on any atom is -0.497 e. The van der Waals surface area contributed by atoms with Crippen molar-refractivity contribution in [3.8, 4) is 5.75 Å². The van der Waals surface area contributed by atoms with Crippen molar-refractivity contribution >= 4 is 5.97 Å². The summed E-state index contributed by atoms with van der Waals surface area (Å²) in [4.78, 5) is 40.9. The molecule has 0 unspecified atom stereocenters. The van der Waals surface area contributed by atoms with Gasteiger partial charge in [0.05, 0.1) is 18.7 Å². The lowest BCUT2D eigenvalue weighted by Crippen LogP contribution is -2.33. The fourth-order valence-electron chi connectivity index (χ4n) is 2.99. The first-order valence-electron chi connectivity index (χ1n) is 8.76. The van der Waals surface area contributed by atoms with Gasteiger partial charge >= 0.3 is 11.7 Å². The average molecular weight is 401 g/mol. The molecule has 0 bridgehead atoms. The third kappa shape index (κ3) is 4.48. The number of carbonyl (C=O) groups is 1. The molecule has 11 nitrogen and oxygen atoms in total. The molecule has 1 saturated heterocycles. The Bertz CT molecular complexity index is 1050. The quantitative estimate of drug-likeness (QED) is 0.337. The largest absolute Gasteiger partial charge is 0.497 e. The topological polar surface area (TPSA) is 148 Å². The number of aromatic nitrogens is 2. The first-order chi connectivity index (χ1) is 13.9. The highest BCUT2D eigenvalue weighted by atomic mass is 16.6. The number of aryl methyl sites for hydroxylation is 1. The molecule has 0 amide bonds. The van der Waals surface area contributed by atoms with E-state index < -0.39 is 35.6 Å². The maximum Gasteiger partial charge on any atom is 0.338 e. The number of aromatic amines is 1. The summed E-state index contributed by atoms with van der Waals surface area (Å²) in [6.07, 6.45) is 0.0701. The molecule has 0 spiro atoms. The van der Waals surface area contributed by atoms with Gasteiger partial charge in [0.2, 0.25) is 0 Å². The van der Waals surface area contributed by atoms with Crippen molar-refractivity contribution in [3.63, 3.8) is 0 Å². The summed E-state index contributed by atoms with van der Waals surface area (Å²) in [5.41, 5.74) is 8.35. The number of hydrogen-bond donors (Lipinski definition) is 1. The molecule has 1 N–H and O–H groups in total. The van der Waals surface area contributed by atoms with Crippen LogP contribution in [0, 0.1) is 6.92 Å². The van der Waals surface area contributed by atoms with Crippen LogP contribution in [0.3, 0.4) is 0 Å². The van der Waals surface area contributed by atoms with Crippen molar-refractivity contribution in [1.82, 2.24) is 9.55 Å². The summed E-state index contributed by atoms with van der Waals surface area (Å²) < 4.78 is 17.3. The maximum absolute atomic E-state index is 12.2. The number of ether oxygens (including phenoxy) is 3. The molecule has 1 aliphatic rings. The van der Waals surface area contributed by atoms with Crippen LogP contribution in [0.15, 0.2) is 45.2 Å². The van der Waals surface area contributed by atoms with Crippen LogP contribution in [0.4, 0.5) is 0 Å². The molecule has 29 heavy (non-hydrogen) atoms. The zero-order chi connectivity index (χ0) is 21.0. The third-order valence-corrected chi connectivity index (χ3v) is 4.56. The minimum absolute atomic E-state index is 0.165. The second kappa shape index (κ2) is 8.63. The van der Waals surface area contributed by atoms with E-state index in [2.05, 4.69) is 15.0 Å². The normalized spacial score (nSPS) is 20.7. The van der Waals surface area contributed by atoms with Crippen LogP contribution < -0.4 is 16.0 Å². The summed E-state index contributed by atoms with van der Waals surface area (Å²) in [7, 11) is 1.52. The van der Waals surface area contributed by atoms with Gasteiger partial charge in [-0.1, -0.05) is 5.11 Å². The first kappa shape index (κ1) is 20.2. The van der Waals surface area contributed by atoms with Gasteiger partial charge in [0.15, 0.2) is 0 Å². The Kier molecular flexibility index (Phi) is 6.01. The smallest absolute Gasteiger partial charge is 0.338 e. The van der Waals surface area contributed by atoms with Gasteiger partial charge in [-0.05, 0) is 36.7 Å². The second-order valence-electron chi connectivity index (χ2n) is 6.44. The minimum atomic E-state index is -0.766. The van der Waals surface area contributed by atoms with Gasteiger partial charge in [-0.2, -0.15) is 0 Å². The summed E-state index contributed by atoms with van der Waals surface area (Å²) >= 11 is 0. The van der Waals surface area contributed by atoms with Crippen molar-refractivity contribution in [1.29, 1.82) is 0 Å². The number of hydrogen-bond acceptors (Lipinski definition) is 7. The molecular weight excluding hydrogens is 382 g/mol. The number of nitrogens with one attached hydrogen (secondary N) is 1. The van der Waals surface area contributed by atoms with Crippen LogP contribution in [0.5, 0.6) is 5.75 Å². The Morgan fingerprint density at radius 1 is 1.38 bits per heavy atom. The molecule has 152 valence electrons. The Hall–Kier alpha value is -3.56. The van der Waals surface area contributed by atoms with E-state index in [1.165, 1.54) is 17.9 Å². The van der Waals surface area contributed by atoms with Gasteiger partial charge in [0.25, 0.3) is 5.56 Å². The number of methoxy groups -OCH3 is 1. The van der Waals surface area contributed by atoms with Gasteiger partial charge in [-0.25, -0.2) is 9.59 Å². The maximum atomic E-state index is 12.2. The van der Waals surface area contributed by atoms with Crippen molar-refractivity contribution in [3.05, 3.63) is 72.9 Å². The van der Waals surface area contributed by atoms with Crippen molar-refractivity contribution < 1.29 is 19.0 Å². The monoisotopic (exact) mass is 401 g/mol. The predicted octanol–water partition coefficient (Wildman–Crippen LogP) is 1.68. The van der Waals surface area contributed by atoms with E-state index in [1.54, 1.807) is 31.2 Å². The molecule has 0 radical (unpaired) electrons. The molecule has 3 atom stereocenters. The number of nitrogens with zero attached hydrogens (tertiary/aromatic N) is 4. The Morgan fingerprint density at radius 3 is 2.76 bits per heavy atom. The number of azide groups is 1. The van der Waals surface area contributed by atoms with Crippen LogP contribution in [-0.2, 0) is 9.47 Å². The molecule has 11 heteroatoms. The van der Waals surface area contributed by atoms with E-state index in [0.29, 0.717) is 16.9 Å². The first-order valence-corrected chi connectivity index (χ1v) is 8.76. The van der Waals surface area contributed by atoms with E-state index in [0.717, 1.165) is 0 Å². The van der Waals surface area contributed by atoms with E-state index in [9.17, 15) is 14.4 Å². The van der Waals surface area contributed by atoms with Gasteiger partial charge in [-0.3, -0.25) is 14.3 Å². The number of H-pyrrole nitrogens is 1. The van der Waals surface area contributed by atoms with Crippen molar-refractivity contribution in [2.45, 2.75) is 31.7 Å². The van der Waals surface area contributed by atoms with Crippen molar-refractivity contribution in [2.24, 2.45) is 5.11 Å². The summed E-state index contributed by atoms with van der Waals surface area (Å²) in [6.45, 7) is 1.39. The van der Waals surface area contributed by atoms with E-state index >= 15 is 0 Å². The van der Waals surface area contributed by atoms with Crippen molar-refractivity contribution in [2.75, 3.05) is 13.7 Å². The van der Waals surface area contributed by atoms with E-state index in [-0.39, 0.29) is 13.0 Å². The third-order valence-electron chi connectivity index (χ3n) is 4.56. The second-order valence-corrected chi connectivity index (χ2v) is 6.44. The van der Waals surface area contributed by atoms with Crippen LogP contribution in [0.1, 0.15) is 28.6 Å². The van der Waals surface area contributed by atoms with E-state index in [1.807, 2.05) is 0 Å². The lowest BCUT2D eigenvalue weighted by Gasteiger charge is -2.17. The molecule has 0 saturated carbocycles. The zero-order valence-electron chi connectivity index (χ0n) is 15.8. The van der Waals surface area contributed by atoms with Gasteiger partial charge in [0.1, 0.15) is 24.7 Å². The van der Waals surface area contributed by atoms with Crippen LogP contribution in [0.25, 0.3) is 10.4 Å². The number of rotatable bonds is 6. The van der Waals surface area contributed by atoms with Gasteiger partial charge in [0, 0.05) is 23.1 Å². The standard InChI is InChI=1S/C18H19N5O6/c1-10-8-23(18(26)20-16(10)24)15-7-13(21-22-19)14(29-15)9-28-17(25)11-3-5-12(27-2)6-4-11/h3-6,8,13-15H,7,9H2,1-2H3,(H,20,24,26)/t13-,14+,15+/m0/s1. The molecule has 1 aliphatic heterocycles. The average Bonchev–Trinajstić information content (AvgIpc) is 3.11. The molecule has 2 heterocycles. The van der Waals surface area contributed by atoms with Gasteiger partial charge in [-0.15, -0.1) is 0 Å². The molecule has 3 rings (SSSR count). The highest BCUT2D eigenvalue weighted by molar-refractivity contribution is 5.89. The SMILES string of the molecule is COc1ccc(C(=O)OC[C@H]2O[C@@H](n3cc(C)c(=O)[nH]c3=O)C[C@@H]2N=[N+]=[N-])cc1.